The van der Waals surface area contributed by atoms with E-state index in [-0.39, 0.29) is 11.5 Å². The molecule has 1 rings (SSSR count). The predicted molar refractivity (Wildman–Crippen MR) is 58.4 cm³/mol. The number of benzene rings is 1. The van der Waals surface area contributed by atoms with Crippen LogP contribution in [0, 0.1) is 0 Å². The van der Waals surface area contributed by atoms with Gasteiger partial charge in [0.1, 0.15) is 0 Å². The first-order valence-electron chi connectivity index (χ1n) is 4.40. The Morgan fingerprint density at radius 2 is 1.71 bits per heavy atom. The van der Waals surface area contributed by atoms with Gasteiger partial charge in [-0.05, 0) is 24.3 Å². The molecule has 0 radical (unpaired) electrons. The quantitative estimate of drug-likeness (QED) is 0.629. The molecule has 0 fully saturated rings. The highest BCUT2D eigenvalue weighted by atomic mass is 79.9. The molecule has 17 heavy (non-hydrogen) atoms. The summed E-state index contributed by atoms with van der Waals surface area (Å²) in [6.07, 6.45) is -4.49. The van der Waals surface area contributed by atoms with Gasteiger partial charge in [-0.15, -0.1) is 0 Å². The molecule has 0 saturated carbocycles. The zero-order chi connectivity index (χ0) is 13.1. The molecule has 0 spiro atoms. The number of hydrogen-bond donors (Lipinski definition) is 0. The van der Waals surface area contributed by atoms with E-state index in [1.165, 1.54) is 0 Å². The Kier molecular flexibility index (Phi) is 4.56. The standard InChI is InChI=1S/C9H8BrF3O3S/c10-5-6-16-17(14,15)8-3-1-7(2-4-8)9(11,12)13/h1-4H,5-6H2. The van der Waals surface area contributed by atoms with Crippen LogP contribution in [0.4, 0.5) is 13.2 Å². The summed E-state index contributed by atoms with van der Waals surface area (Å²) in [5.41, 5.74) is -0.906. The molecular formula is C9H8BrF3O3S. The molecule has 8 heteroatoms. The SMILES string of the molecule is O=S(=O)(OCCBr)c1ccc(C(F)(F)F)cc1. The van der Waals surface area contributed by atoms with Gasteiger partial charge in [-0.1, -0.05) is 15.9 Å². The molecule has 0 N–H and O–H groups in total. The van der Waals surface area contributed by atoms with Crippen LogP contribution >= 0.6 is 15.9 Å². The van der Waals surface area contributed by atoms with E-state index in [9.17, 15) is 21.6 Å². The second-order valence-corrected chi connectivity index (χ2v) is 5.40. The van der Waals surface area contributed by atoms with Gasteiger partial charge in [0, 0.05) is 5.33 Å². The van der Waals surface area contributed by atoms with Gasteiger partial charge in [-0.2, -0.15) is 21.6 Å². The van der Waals surface area contributed by atoms with Crippen molar-refractivity contribution in [3.05, 3.63) is 29.8 Å². The monoisotopic (exact) mass is 332 g/mol. The number of alkyl halides is 4. The largest absolute Gasteiger partial charge is 0.416 e. The second-order valence-electron chi connectivity index (χ2n) is 2.99. The highest BCUT2D eigenvalue weighted by Gasteiger charge is 2.30. The third-order valence-corrected chi connectivity index (χ3v) is 3.44. The smallest absolute Gasteiger partial charge is 0.265 e. The van der Waals surface area contributed by atoms with Crippen LogP contribution in [0.2, 0.25) is 0 Å². The molecule has 0 atom stereocenters. The maximum atomic E-state index is 12.2. The van der Waals surface area contributed by atoms with Gasteiger partial charge in [0.15, 0.2) is 0 Å². The molecule has 3 nitrogen and oxygen atoms in total. The minimum absolute atomic E-state index is 0.0800. The van der Waals surface area contributed by atoms with Crippen molar-refractivity contribution in [3.8, 4) is 0 Å². The number of rotatable bonds is 4. The van der Waals surface area contributed by atoms with Gasteiger partial charge < -0.3 is 0 Å². The van der Waals surface area contributed by atoms with E-state index in [0.717, 1.165) is 12.1 Å². The van der Waals surface area contributed by atoms with Gasteiger partial charge in [0.25, 0.3) is 10.1 Å². The number of halogens is 4. The normalized spacial score (nSPS) is 12.7. The zero-order valence-corrected chi connectivity index (χ0v) is 10.8. The summed E-state index contributed by atoms with van der Waals surface area (Å²) in [5, 5.41) is 0.312. The maximum Gasteiger partial charge on any atom is 0.416 e. The predicted octanol–water partition coefficient (Wildman–Crippen LogP) is 2.81. The summed E-state index contributed by atoms with van der Waals surface area (Å²) < 4.78 is 64.1. The minimum atomic E-state index is -4.49. The van der Waals surface area contributed by atoms with Crippen molar-refractivity contribution in [1.82, 2.24) is 0 Å². The molecule has 0 aliphatic carbocycles. The Morgan fingerprint density at radius 1 is 1.18 bits per heavy atom. The maximum absolute atomic E-state index is 12.2. The molecule has 0 amide bonds. The first-order valence-corrected chi connectivity index (χ1v) is 6.93. The summed E-state index contributed by atoms with van der Waals surface area (Å²) in [6.45, 7) is -0.0800. The first kappa shape index (κ1) is 14.5. The lowest BCUT2D eigenvalue weighted by Gasteiger charge is -2.08. The number of hydrogen-bond acceptors (Lipinski definition) is 3. The Morgan fingerprint density at radius 3 is 2.12 bits per heavy atom. The van der Waals surface area contributed by atoms with Crippen LogP contribution in [-0.4, -0.2) is 20.4 Å². The van der Waals surface area contributed by atoms with Crippen LogP contribution < -0.4 is 0 Å². The van der Waals surface area contributed by atoms with Gasteiger partial charge in [0.2, 0.25) is 0 Å². The van der Waals surface area contributed by atoms with Crippen molar-refractivity contribution in [3.63, 3.8) is 0 Å². The fourth-order valence-corrected chi connectivity index (χ4v) is 2.30. The van der Waals surface area contributed by atoms with E-state index in [2.05, 4.69) is 20.1 Å². The van der Waals surface area contributed by atoms with Gasteiger partial charge >= 0.3 is 6.18 Å². The van der Waals surface area contributed by atoms with Crippen molar-refractivity contribution in [2.75, 3.05) is 11.9 Å². The summed E-state index contributed by atoms with van der Waals surface area (Å²) >= 11 is 2.97. The van der Waals surface area contributed by atoms with Crippen LogP contribution in [0.1, 0.15) is 5.56 Å². The van der Waals surface area contributed by atoms with Crippen molar-refractivity contribution in [2.45, 2.75) is 11.1 Å². The highest BCUT2D eigenvalue weighted by Crippen LogP contribution is 2.29. The van der Waals surface area contributed by atoms with Gasteiger partial charge in [-0.25, -0.2) is 0 Å². The molecule has 0 aliphatic rings. The van der Waals surface area contributed by atoms with E-state index >= 15 is 0 Å². The van der Waals surface area contributed by atoms with Crippen LogP contribution in [0.5, 0.6) is 0 Å². The third-order valence-electron chi connectivity index (χ3n) is 1.79. The molecule has 0 saturated heterocycles. The van der Waals surface area contributed by atoms with Crippen molar-refractivity contribution < 1.29 is 25.8 Å². The van der Waals surface area contributed by atoms with E-state index < -0.39 is 21.9 Å². The van der Waals surface area contributed by atoms with E-state index in [1.54, 1.807) is 0 Å². The Balaban J connectivity index is 2.95. The fourth-order valence-electron chi connectivity index (χ4n) is 1.02. The lowest BCUT2D eigenvalue weighted by molar-refractivity contribution is -0.137. The minimum Gasteiger partial charge on any atom is -0.265 e. The van der Waals surface area contributed by atoms with Gasteiger partial charge in [0.05, 0.1) is 17.1 Å². The van der Waals surface area contributed by atoms with Crippen molar-refractivity contribution in [2.24, 2.45) is 0 Å². The van der Waals surface area contributed by atoms with Crippen LogP contribution in [0.15, 0.2) is 29.2 Å². The second kappa shape index (κ2) is 5.36. The molecule has 0 heterocycles. The molecule has 0 bridgehead atoms. The van der Waals surface area contributed by atoms with Gasteiger partial charge in [-0.3, -0.25) is 4.18 Å². The Labute approximate surface area is 105 Å². The van der Waals surface area contributed by atoms with Crippen LogP contribution in [0.25, 0.3) is 0 Å². The van der Waals surface area contributed by atoms with E-state index in [4.69, 9.17) is 0 Å². The average Bonchev–Trinajstić information content (AvgIpc) is 2.25. The summed E-state index contributed by atoms with van der Waals surface area (Å²) in [4.78, 5) is -0.300. The fraction of sp³-hybridized carbons (Fsp3) is 0.333. The highest BCUT2D eigenvalue weighted by molar-refractivity contribution is 9.09. The van der Waals surface area contributed by atoms with E-state index in [0.29, 0.717) is 17.5 Å². The molecule has 1 aromatic carbocycles. The summed E-state index contributed by atoms with van der Waals surface area (Å²) in [5.74, 6) is 0. The Bertz CT molecular complexity index is 467. The Hall–Kier alpha value is -0.600. The van der Waals surface area contributed by atoms with Crippen LogP contribution in [-0.2, 0) is 20.5 Å². The molecule has 0 aliphatic heterocycles. The van der Waals surface area contributed by atoms with Crippen LogP contribution in [0.3, 0.4) is 0 Å². The molecule has 96 valence electrons. The third kappa shape index (κ3) is 3.97. The molecule has 1 aromatic rings. The average molecular weight is 333 g/mol. The summed E-state index contributed by atoms with van der Waals surface area (Å²) in [6, 6.07) is 3.13. The van der Waals surface area contributed by atoms with Crippen molar-refractivity contribution >= 4 is 26.0 Å². The molecule has 0 unspecified atom stereocenters. The van der Waals surface area contributed by atoms with Crippen molar-refractivity contribution in [1.29, 1.82) is 0 Å². The lowest BCUT2D eigenvalue weighted by atomic mass is 10.2. The topological polar surface area (TPSA) is 43.4 Å². The summed E-state index contributed by atoms with van der Waals surface area (Å²) in [7, 11) is -3.98. The first-order chi connectivity index (χ1) is 7.77. The molecule has 0 aromatic heterocycles. The zero-order valence-electron chi connectivity index (χ0n) is 8.37. The molecular weight excluding hydrogens is 325 g/mol. The van der Waals surface area contributed by atoms with E-state index in [1.807, 2.05) is 0 Å². The lowest BCUT2D eigenvalue weighted by Crippen LogP contribution is -2.09.